The monoisotopic (exact) mass is 444 g/mol. The molecule has 1 saturated carbocycles. The molecule has 3 N–H and O–H groups in total. The maximum absolute atomic E-state index is 12.9. The summed E-state index contributed by atoms with van der Waals surface area (Å²) < 4.78 is 7.07. The number of benzene rings is 1. The normalized spacial score (nSPS) is 22.5. The van der Waals surface area contributed by atoms with E-state index in [1.54, 1.807) is 18.7 Å². The van der Waals surface area contributed by atoms with Crippen LogP contribution < -0.4 is 5.73 Å². The topological polar surface area (TPSA) is 119 Å². The molecule has 170 valence electrons. The predicted molar refractivity (Wildman–Crippen MR) is 128 cm³/mol. The maximum Gasteiger partial charge on any atom is 0.296 e. The lowest BCUT2D eigenvalue weighted by Gasteiger charge is -2.41. The van der Waals surface area contributed by atoms with Gasteiger partial charge < -0.3 is 15.0 Å². The van der Waals surface area contributed by atoms with Crippen LogP contribution in [0.5, 0.6) is 0 Å². The van der Waals surface area contributed by atoms with E-state index in [1.165, 1.54) is 0 Å². The van der Waals surface area contributed by atoms with Crippen molar-refractivity contribution in [3.63, 3.8) is 0 Å². The van der Waals surface area contributed by atoms with Crippen LogP contribution >= 0.6 is 0 Å². The SMILES string of the molecule is N=C1CCC/C=C(/c2ccc(C3(C(N)=NC(=O)c4cncn4C4COC4)CCC3)cc2)C=N1. The molecule has 1 amide bonds. The number of aliphatic imine (C=N–C) groups is 2. The number of nitrogens with zero attached hydrogens (tertiary/aromatic N) is 4. The van der Waals surface area contributed by atoms with E-state index in [0.29, 0.717) is 37.0 Å². The highest BCUT2D eigenvalue weighted by Gasteiger charge is 2.43. The second-order valence-electron chi connectivity index (χ2n) is 8.95. The van der Waals surface area contributed by atoms with Gasteiger partial charge in [-0.2, -0.15) is 4.99 Å². The second-order valence-corrected chi connectivity index (χ2v) is 8.95. The van der Waals surface area contributed by atoms with Gasteiger partial charge in [-0.05, 0) is 42.4 Å². The van der Waals surface area contributed by atoms with Gasteiger partial charge in [0.2, 0.25) is 0 Å². The van der Waals surface area contributed by atoms with Crippen LogP contribution in [0.3, 0.4) is 0 Å². The van der Waals surface area contributed by atoms with Gasteiger partial charge in [-0.3, -0.25) is 10.2 Å². The fraction of sp³-hybridized carbons (Fsp3) is 0.400. The molecule has 0 radical (unpaired) electrons. The molecule has 2 aromatic rings. The number of nitrogens with two attached hydrogens (primary N) is 1. The Labute approximate surface area is 192 Å². The van der Waals surface area contributed by atoms with Gasteiger partial charge in [0.1, 0.15) is 17.4 Å². The lowest BCUT2D eigenvalue weighted by molar-refractivity contribution is -0.0240. The van der Waals surface area contributed by atoms with Crippen LogP contribution in [0.4, 0.5) is 0 Å². The van der Waals surface area contributed by atoms with Gasteiger partial charge in [-0.25, -0.2) is 9.98 Å². The van der Waals surface area contributed by atoms with Gasteiger partial charge >= 0.3 is 0 Å². The average Bonchev–Trinajstić information content (AvgIpc) is 3.19. The molecule has 8 nitrogen and oxygen atoms in total. The molecule has 2 fully saturated rings. The summed E-state index contributed by atoms with van der Waals surface area (Å²) >= 11 is 0. The van der Waals surface area contributed by atoms with Crippen LogP contribution in [0.1, 0.15) is 66.2 Å². The summed E-state index contributed by atoms with van der Waals surface area (Å²) in [4.78, 5) is 25.7. The van der Waals surface area contributed by atoms with Crippen molar-refractivity contribution in [2.24, 2.45) is 15.7 Å². The van der Waals surface area contributed by atoms with Crippen LogP contribution in [0.15, 0.2) is 52.9 Å². The van der Waals surface area contributed by atoms with E-state index in [1.807, 2.05) is 4.57 Å². The van der Waals surface area contributed by atoms with Gasteiger partial charge in [0, 0.05) is 12.6 Å². The summed E-state index contributed by atoms with van der Waals surface area (Å²) in [6.45, 7) is 1.16. The largest absolute Gasteiger partial charge is 0.386 e. The number of carbonyl (C=O) groups is 1. The number of nitrogens with one attached hydrogen (secondary N) is 1. The Morgan fingerprint density at radius 3 is 2.67 bits per heavy atom. The van der Waals surface area contributed by atoms with E-state index in [9.17, 15) is 4.79 Å². The zero-order valence-electron chi connectivity index (χ0n) is 18.5. The lowest BCUT2D eigenvalue weighted by atomic mass is 9.63. The summed E-state index contributed by atoms with van der Waals surface area (Å²) in [6.07, 6.45) is 12.5. The molecule has 0 spiro atoms. The van der Waals surface area contributed by atoms with Crippen molar-refractivity contribution in [2.75, 3.05) is 13.2 Å². The molecule has 1 aliphatic carbocycles. The first kappa shape index (κ1) is 21.5. The lowest BCUT2D eigenvalue weighted by Crippen LogP contribution is -2.47. The zero-order valence-corrected chi connectivity index (χ0v) is 18.5. The third-order valence-electron chi connectivity index (χ3n) is 6.93. The molecule has 8 heteroatoms. The summed E-state index contributed by atoms with van der Waals surface area (Å²) in [5, 5.41) is 7.84. The molecule has 33 heavy (non-hydrogen) atoms. The zero-order chi connectivity index (χ0) is 22.8. The Morgan fingerprint density at radius 2 is 2.00 bits per heavy atom. The van der Waals surface area contributed by atoms with Crippen LogP contribution in [-0.4, -0.2) is 46.6 Å². The highest BCUT2D eigenvalue weighted by molar-refractivity contribution is 6.13. The van der Waals surface area contributed by atoms with Crippen molar-refractivity contribution in [3.05, 3.63) is 59.7 Å². The van der Waals surface area contributed by atoms with Crippen LogP contribution in [0, 0.1) is 5.41 Å². The molecule has 0 bridgehead atoms. The van der Waals surface area contributed by atoms with Crippen molar-refractivity contribution in [2.45, 2.75) is 50.0 Å². The molecule has 0 unspecified atom stereocenters. The van der Waals surface area contributed by atoms with Gasteiger partial charge in [-0.15, -0.1) is 0 Å². The van der Waals surface area contributed by atoms with Crippen molar-refractivity contribution in [1.29, 1.82) is 5.41 Å². The van der Waals surface area contributed by atoms with Crippen molar-refractivity contribution in [3.8, 4) is 0 Å². The van der Waals surface area contributed by atoms with Crippen LogP contribution in [-0.2, 0) is 10.2 Å². The average molecular weight is 445 g/mol. The first-order chi connectivity index (χ1) is 16.1. The number of aromatic nitrogens is 2. The molecular formula is C25H28N6O2. The second kappa shape index (κ2) is 8.86. The smallest absolute Gasteiger partial charge is 0.296 e. The van der Waals surface area contributed by atoms with Gasteiger partial charge in [0.05, 0.1) is 37.2 Å². The Hall–Kier alpha value is -3.39. The van der Waals surface area contributed by atoms with Gasteiger partial charge in [0.25, 0.3) is 5.91 Å². The summed E-state index contributed by atoms with van der Waals surface area (Å²) in [5.74, 6) is 0.424. The number of hydrogen-bond donors (Lipinski definition) is 2. The van der Waals surface area contributed by atoms with Crippen molar-refractivity contribution < 1.29 is 9.53 Å². The Bertz CT molecular complexity index is 1150. The number of allylic oxidation sites excluding steroid dienone is 2. The molecular weight excluding hydrogens is 416 g/mol. The standard InChI is InChI=1S/C25H28N6O2/c26-22-5-2-1-4-18(12-29-22)17-6-8-19(9-7-17)25(10-3-11-25)24(27)30-23(32)21-13-28-16-31(21)20-14-33-15-20/h4,6-9,12-13,16,20,26H,1-3,5,10-11,14-15H2,(H2,27,30,32)/b18-4+,26-22?,29-12?. The number of amides is 1. The molecule has 2 aliphatic heterocycles. The van der Waals surface area contributed by atoms with Crippen molar-refractivity contribution in [1.82, 2.24) is 9.55 Å². The summed E-state index contributed by atoms with van der Waals surface area (Å²) in [7, 11) is 0. The molecule has 1 aromatic heterocycles. The summed E-state index contributed by atoms with van der Waals surface area (Å²) in [6, 6.07) is 8.42. The number of imidazole rings is 1. The number of ether oxygens (including phenoxy) is 1. The van der Waals surface area contributed by atoms with E-state index in [0.717, 1.165) is 48.8 Å². The molecule has 5 rings (SSSR count). The molecule has 3 aliphatic rings. The molecule has 3 heterocycles. The Morgan fingerprint density at radius 1 is 1.21 bits per heavy atom. The van der Waals surface area contributed by atoms with Crippen molar-refractivity contribution >= 4 is 29.4 Å². The Kier molecular flexibility index (Phi) is 5.76. The van der Waals surface area contributed by atoms with Gasteiger partial charge in [0.15, 0.2) is 0 Å². The highest BCUT2D eigenvalue weighted by atomic mass is 16.5. The molecule has 1 saturated heterocycles. The van der Waals surface area contributed by atoms with Gasteiger partial charge in [-0.1, -0.05) is 36.8 Å². The number of hydrogen-bond acceptors (Lipinski definition) is 4. The highest BCUT2D eigenvalue weighted by Crippen LogP contribution is 2.44. The number of rotatable bonds is 5. The van der Waals surface area contributed by atoms with E-state index in [-0.39, 0.29) is 11.9 Å². The van der Waals surface area contributed by atoms with E-state index >= 15 is 0 Å². The number of carbonyl (C=O) groups excluding carboxylic acids is 1. The molecule has 0 atom stereocenters. The summed E-state index contributed by atoms with van der Waals surface area (Å²) in [5.41, 5.74) is 9.67. The van der Waals surface area contributed by atoms with Crippen LogP contribution in [0.25, 0.3) is 5.57 Å². The van der Waals surface area contributed by atoms with Crippen LogP contribution in [0.2, 0.25) is 0 Å². The Balaban J connectivity index is 1.38. The molecule has 1 aromatic carbocycles. The fourth-order valence-corrected chi connectivity index (χ4v) is 4.61. The first-order valence-corrected chi connectivity index (χ1v) is 11.5. The third-order valence-corrected chi connectivity index (χ3v) is 6.93. The minimum absolute atomic E-state index is 0.128. The number of amidine groups is 2. The van der Waals surface area contributed by atoms with E-state index < -0.39 is 5.41 Å². The third kappa shape index (κ3) is 4.06. The maximum atomic E-state index is 12.9. The minimum atomic E-state index is -0.413. The quantitative estimate of drug-likeness (QED) is 0.540. The predicted octanol–water partition coefficient (Wildman–Crippen LogP) is 3.69. The van der Waals surface area contributed by atoms with E-state index in [2.05, 4.69) is 45.3 Å². The van der Waals surface area contributed by atoms with E-state index in [4.69, 9.17) is 15.9 Å². The first-order valence-electron chi connectivity index (χ1n) is 11.5. The fourth-order valence-electron chi connectivity index (χ4n) is 4.61. The minimum Gasteiger partial charge on any atom is -0.386 e.